The minimum Gasteiger partial charge on any atom is -0.496 e. The second-order valence-electron chi connectivity index (χ2n) is 5.12. The summed E-state index contributed by atoms with van der Waals surface area (Å²) in [6.07, 6.45) is 1.55. The fourth-order valence-electron chi connectivity index (χ4n) is 2.50. The minimum atomic E-state index is -0.217. The summed E-state index contributed by atoms with van der Waals surface area (Å²) < 4.78 is 5.34. The summed E-state index contributed by atoms with van der Waals surface area (Å²) in [6, 6.07) is 17.7. The van der Waals surface area contributed by atoms with Crippen LogP contribution in [0.5, 0.6) is 5.75 Å². The number of rotatable bonds is 5. The van der Waals surface area contributed by atoms with E-state index in [1.54, 1.807) is 19.2 Å². The van der Waals surface area contributed by atoms with Crippen LogP contribution in [-0.2, 0) is 12.8 Å². The monoisotopic (exact) mass is 290 g/mol. The molecular formula is C19H18N2O. The van der Waals surface area contributed by atoms with Crippen LogP contribution in [0, 0.1) is 22.7 Å². The van der Waals surface area contributed by atoms with Crippen molar-refractivity contribution in [3.05, 3.63) is 64.7 Å². The van der Waals surface area contributed by atoms with Gasteiger partial charge in [-0.2, -0.15) is 10.5 Å². The first-order valence-electron chi connectivity index (χ1n) is 7.27. The molecule has 0 aliphatic carbocycles. The van der Waals surface area contributed by atoms with E-state index in [0.29, 0.717) is 12.0 Å². The van der Waals surface area contributed by atoms with Gasteiger partial charge in [0.2, 0.25) is 0 Å². The van der Waals surface area contributed by atoms with E-state index in [4.69, 9.17) is 10.00 Å². The van der Waals surface area contributed by atoms with Crippen LogP contribution in [0.1, 0.15) is 35.1 Å². The predicted molar refractivity (Wildman–Crippen MR) is 85.6 cm³/mol. The van der Waals surface area contributed by atoms with Gasteiger partial charge in [-0.05, 0) is 47.7 Å². The van der Waals surface area contributed by atoms with Crippen LogP contribution in [0.15, 0.2) is 42.5 Å². The largest absolute Gasteiger partial charge is 0.496 e. The Morgan fingerprint density at radius 1 is 1.09 bits per heavy atom. The topological polar surface area (TPSA) is 56.8 Å². The Hall–Kier alpha value is -2.78. The van der Waals surface area contributed by atoms with Gasteiger partial charge >= 0.3 is 0 Å². The normalized spacial score (nSPS) is 11.3. The van der Waals surface area contributed by atoms with Crippen molar-refractivity contribution < 1.29 is 4.74 Å². The lowest BCUT2D eigenvalue weighted by Crippen LogP contribution is -2.02. The second kappa shape index (κ2) is 7.29. The number of hydrogen-bond acceptors (Lipinski definition) is 3. The van der Waals surface area contributed by atoms with Gasteiger partial charge in [0, 0.05) is 0 Å². The molecule has 0 saturated heterocycles. The standard InChI is InChI=1S/C19H18N2O/c1-3-16-10-15(6-9-19(16)22-2)11-18(13-21)17-7-4-14(12-20)5-8-17/h4-10,18H,3,11H2,1-2H3. The first-order valence-corrected chi connectivity index (χ1v) is 7.27. The van der Waals surface area contributed by atoms with Crippen molar-refractivity contribution in [2.24, 2.45) is 0 Å². The lowest BCUT2D eigenvalue weighted by Gasteiger charge is -2.12. The molecule has 0 fully saturated rings. The first-order chi connectivity index (χ1) is 10.7. The zero-order valence-corrected chi connectivity index (χ0v) is 12.8. The van der Waals surface area contributed by atoms with Gasteiger partial charge in [0.15, 0.2) is 0 Å². The molecule has 0 spiro atoms. The fourth-order valence-corrected chi connectivity index (χ4v) is 2.50. The Kier molecular flexibility index (Phi) is 5.17. The van der Waals surface area contributed by atoms with Crippen LogP contribution in [-0.4, -0.2) is 7.11 Å². The molecule has 0 bridgehead atoms. The first kappa shape index (κ1) is 15.6. The van der Waals surface area contributed by atoms with E-state index in [9.17, 15) is 5.26 Å². The van der Waals surface area contributed by atoms with Crippen LogP contribution in [0.4, 0.5) is 0 Å². The SMILES string of the molecule is CCc1cc(CC(C#N)c2ccc(C#N)cc2)ccc1OC. The van der Waals surface area contributed by atoms with Crippen molar-refractivity contribution in [1.82, 2.24) is 0 Å². The maximum absolute atomic E-state index is 9.45. The van der Waals surface area contributed by atoms with E-state index in [-0.39, 0.29) is 5.92 Å². The minimum absolute atomic E-state index is 0.217. The van der Waals surface area contributed by atoms with Crippen molar-refractivity contribution in [2.45, 2.75) is 25.7 Å². The molecule has 22 heavy (non-hydrogen) atoms. The molecule has 1 unspecified atom stereocenters. The zero-order chi connectivity index (χ0) is 15.9. The Bertz CT molecular complexity index is 721. The van der Waals surface area contributed by atoms with Crippen LogP contribution in [0.25, 0.3) is 0 Å². The van der Waals surface area contributed by atoms with Gasteiger partial charge in [-0.3, -0.25) is 0 Å². The third-order valence-corrected chi connectivity index (χ3v) is 3.76. The Morgan fingerprint density at radius 2 is 1.82 bits per heavy atom. The third kappa shape index (κ3) is 3.45. The number of ether oxygens (including phenoxy) is 1. The number of aryl methyl sites for hydroxylation is 1. The molecule has 3 nitrogen and oxygen atoms in total. The average molecular weight is 290 g/mol. The van der Waals surface area contributed by atoms with Gasteiger partial charge in [-0.1, -0.05) is 31.2 Å². The molecule has 0 aliphatic rings. The molecule has 2 rings (SSSR count). The molecule has 110 valence electrons. The Morgan fingerprint density at radius 3 is 2.36 bits per heavy atom. The number of hydrogen-bond donors (Lipinski definition) is 0. The molecule has 2 aromatic carbocycles. The van der Waals surface area contributed by atoms with Crippen molar-refractivity contribution in [2.75, 3.05) is 7.11 Å². The summed E-state index contributed by atoms with van der Waals surface area (Å²) in [6.45, 7) is 2.09. The number of nitrogens with zero attached hydrogens (tertiary/aromatic N) is 2. The molecule has 2 aromatic rings. The van der Waals surface area contributed by atoms with Crippen LogP contribution in [0.2, 0.25) is 0 Å². The van der Waals surface area contributed by atoms with Gasteiger partial charge < -0.3 is 4.74 Å². The lowest BCUT2D eigenvalue weighted by molar-refractivity contribution is 0.410. The second-order valence-corrected chi connectivity index (χ2v) is 5.12. The highest BCUT2D eigenvalue weighted by atomic mass is 16.5. The van der Waals surface area contributed by atoms with E-state index in [1.807, 2.05) is 24.3 Å². The fraction of sp³-hybridized carbons (Fsp3) is 0.263. The zero-order valence-electron chi connectivity index (χ0n) is 12.8. The molecule has 0 aromatic heterocycles. The summed E-state index contributed by atoms with van der Waals surface area (Å²) in [5.41, 5.74) is 3.82. The Labute approximate surface area is 131 Å². The molecule has 0 radical (unpaired) electrons. The highest BCUT2D eigenvalue weighted by Gasteiger charge is 2.13. The number of benzene rings is 2. The van der Waals surface area contributed by atoms with Crippen LogP contribution in [0.3, 0.4) is 0 Å². The average Bonchev–Trinajstić information content (AvgIpc) is 2.59. The van der Waals surface area contributed by atoms with Gasteiger partial charge in [0.25, 0.3) is 0 Å². The maximum atomic E-state index is 9.45. The maximum Gasteiger partial charge on any atom is 0.122 e. The van der Waals surface area contributed by atoms with Crippen LogP contribution < -0.4 is 4.74 Å². The number of nitriles is 2. The molecular weight excluding hydrogens is 272 g/mol. The lowest BCUT2D eigenvalue weighted by atomic mass is 9.91. The van der Waals surface area contributed by atoms with Crippen molar-refractivity contribution >= 4 is 0 Å². The third-order valence-electron chi connectivity index (χ3n) is 3.76. The summed E-state index contributed by atoms with van der Waals surface area (Å²) in [5, 5.41) is 18.3. The van der Waals surface area contributed by atoms with E-state index in [1.165, 1.54) is 0 Å². The summed E-state index contributed by atoms with van der Waals surface area (Å²) in [5.74, 6) is 0.670. The summed E-state index contributed by atoms with van der Waals surface area (Å²) >= 11 is 0. The van der Waals surface area contributed by atoms with Crippen LogP contribution >= 0.6 is 0 Å². The molecule has 0 saturated carbocycles. The van der Waals surface area contributed by atoms with Gasteiger partial charge in [0.05, 0.1) is 30.7 Å². The quantitative estimate of drug-likeness (QED) is 0.837. The highest BCUT2D eigenvalue weighted by Crippen LogP contribution is 2.25. The van der Waals surface area contributed by atoms with Crippen molar-refractivity contribution in [1.29, 1.82) is 10.5 Å². The number of methoxy groups -OCH3 is 1. The predicted octanol–water partition coefficient (Wildman–Crippen LogP) is 3.98. The molecule has 0 N–H and O–H groups in total. The van der Waals surface area contributed by atoms with Crippen molar-refractivity contribution in [3.8, 4) is 17.9 Å². The molecule has 0 aliphatic heterocycles. The molecule has 1 atom stereocenters. The van der Waals surface area contributed by atoms with Gasteiger partial charge in [-0.25, -0.2) is 0 Å². The highest BCUT2D eigenvalue weighted by molar-refractivity contribution is 5.40. The van der Waals surface area contributed by atoms with E-state index >= 15 is 0 Å². The van der Waals surface area contributed by atoms with E-state index in [2.05, 4.69) is 25.1 Å². The summed E-state index contributed by atoms with van der Waals surface area (Å²) in [7, 11) is 1.67. The van der Waals surface area contributed by atoms with E-state index < -0.39 is 0 Å². The Balaban J connectivity index is 2.23. The van der Waals surface area contributed by atoms with Crippen molar-refractivity contribution in [3.63, 3.8) is 0 Å². The molecule has 0 heterocycles. The molecule has 0 amide bonds. The van der Waals surface area contributed by atoms with Gasteiger partial charge in [0.1, 0.15) is 5.75 Å². The van der Waals surface area contributed by atoms with Gasteiger partial charge in [-0.15, -0.1) is 0 Å². The molecule has 3 heteroatoms. The summed E-state index contributed by atoms with van der Waals surface area (Å²) in [4.78, 5) is 0. The smallest absolute Gasteiger partial charge is 0.122 e. The van der Waals surface area contributed by atoms with E-state index in [0.717, 1.165) is 28.9 Å².